The Labute approximate surface area is 125 Å². The minimum absolute atomic E-state index is 0.214. The maximum atomic E-state index is 13.4. The highest BCUT2D eigenvalue weighted by atomic mass is 19.2. The lowest BCUT2D eigenvalue weighted by Crippen LogP contribution is -2.18. The fourth-order valence-electron chi connectivity index (χ4n) is 2.46. The summed E-state index contributed by atoms with van der Waals surface area (Å²) in [5.41, 5.74) is 2.12. The minimum Gasteiger partial charge on any atom is -0.461 e. The standard InChI is InChI=1S/C15H14F2N2O3/c1-2-21-15(20)14-9-6-13(22-7-12(9)18-19-14)8-3-4-10(16)11(17)5-8/h3-5,13H,2,6-7H2,1H3,(H,18,19). The van der Waals surface area contributed by atoms with Crippen LogP contribution in [0.4, 0.5) is 8.78 Å². The molecule has 0 amide bonds. The van der Waals surface area contributed by atoms with Gasteiger partial charge in [0.1, 0.15) is 0 Å². The molecule has 116 valence electrons. The number of carbonyl (C=O) groups is 1. The number of carbonyl (C=O) groups excluding carboxylic acids is 1. The second-order valence-corrected chi connectivity index (χ2v) is 4.93. The number of aromatic amines is 1. The SMILES string of the molecule is CCOC(=O)c1n[nH]c2c1CC(c1ccc(F)c(F)c1)OC2. The summed E-state index contributed by atoms with van der Waals surface area (Å²) in [6, 6.07) is 3.64. The molecule has 0 spiro atoms. The lowest BCUT2D eigenvalue weighted by Gasteiger charge is -2.23. The summed E-state index contributed by atoms with van der Waals surface area (Å²) < 4.78 is 37.0. The number of esters is 1. The molecule has 7 heteroatoms. The van der Waals surface area contributed by atoms with Gasteiger partial charge in [-0.1, -0.05) is 6.07 Å². The predicted molar refractivity (Wildman–Crippen MR) is 72.1 cm³/mol. The zero-order valence-electron chi connectivity index (χ0n) is 11.9. The van der Waals surface area contributed by atoms with E-state index in [0.717, 1.165) is 12.1 Å². The predicted octanol–water partition coefficient (Wildman–Crippen LogP) is 2.68. The van der Waals surface area contributed by atoms with Crippen LogP contribution in [0.5, 0.6) is 0 Å². The molecule has 1 N–H and O–H groups in total. The Morgan fingerprint density at radius 1 is 1.45 bits per heavy atom. The van der Waals surface area contributed by atoms with Crippen molar-refractivity contribution in [1.82, 2.24) is 10.2 Å². The zero-order valence-corrected chi connectivity index (χ0v) is 11.9. The van der Waals surface area contributed by atoms with Crippen molar-refractivity contribution in [2.45, 2.75) is 26.1 Å². The van der Waals surface area contributed by atoms with Crippen molar-refractivity contribution in [2.24, 2.45) is 0 Å². The first-order valence-corrected chi connectivity index (χ1v) is 6.90. The summed E-state index contributed by atoms with van der Waals surface area (Å²) >= 11 is 0. The van der Waals surface area contributed by atoms with E-state index in [-0.39, 0.29) is 18.9 Å². The second-order valence-electron chi connectivity index (χ2n) is 4.93. The van der Waals surface area contributed by atoms with E-state index in [9.17, 15) is 13.6 Å². The first kappa shape index (κ1) is 14.6. The molecule has 1 aliphatic rings. The highest BCUT2D eigenvalue weighted by Gasteiger charge is 2.29. The number of benzene rings is 1. The Kier molecular flexibility index (Phi) is 3.89. The van der Waals surface area contributed by atoms with Gasteiger partial charge >= 0.3 is 5.97 Å². The van der Waals surface area contributed by atoms with Crippen LogP contribution in [0, 0.1) is 11.6 Å². The molecule has 0 radical (unpaired) electrons. The number of H-pyrrole nitrogens is 1. The number of fused-ring (bicyclic) bond motifs is 1. The van der Waals surface area contributed by atoms with Gasteiger partial charge in [0, 0.05) is 12.0 Å². The number of hydrogen-bond acceptors (Lipinski definition) is 4. The zero-order chi connectivity index (χ0) is 15.7. The molecular formula is C15H14F2N2O3. The molecule has 1 unspecified atom stereocenters. The van der Waals surface area contributed by atoms with Gasteiger partial charge in [-0.15, -0.1) is 0 Å². The average molecular weight is 308 g/mol. The largest absolute Gasteiger partial charge is 0.461 e. The summed E-state index contributed by atoms with van der Waals surface area (Å²) in [5.74, 6) is -2.34. The maximum absolute atomic E-state index is 13.4. The van der Waals surface area contributed by atoms with Crippen molar-refractivity contribution in [1.29, 1.82) is 0 Å². The van der Waals surface area contributed by atoms with Gasteiger partial charge in [-0.25, -0.2) is 13.6 Å². The molecule has 0 saturated carbocycles. The van der Waals surface area contributed by atoms with Gasteiger partial charge in [-0.2, -0.15) is 5.10 Å². The highest BCUT2D eigenvalue weighted by molar-refractivity contribution is 5.89. The van der Waals surface area contributed by atoms with E-state index in [1.54, 1.807) is 6.92 Å². The van der Waals surface area contributed by atoms with Crippen LogP contribution in [-0.4, -0.2) is 22.8 Å². The molecule has 1 aliphatic heterocycles. The van der Waals surface area contributed by atoms with Gasteiger partial charge < -0.3 is 9.47 Å². The smallest absolute Gasteiger partial charge is 0.359 e. The van der Waals surface area contributed by atoms with Crippen LogP contribution in [0.2, 0.25) is 0 Å². The quantitative estimate of drug-likeness (QED) is 0.885. The van der Waals surface area contributed by atoms with E-state index >= 15 is 0 Å². The molecule has 1 aromatic carbocycles. The van der Waals surface area contributed by atoms with Crippen LogP contribution >= 0.6 is 0 Å². The van der Waals surface area contributed by atoms with Gasteiger partial charge in [0.15, 0.2) is 17.3 Å². The number of rotatable bonds is 3. The molecule has 2 aromatic rings. The van der Waals surface area contributed by atoms with Gasteiger partial charge in [0.2, 0.25) is 0 Å². The fraction of sp³-hybridized carbons (Fsp3) is 0.333. The Balaban J connectivity index is 1.87. The second kappa shape index (κ2) is 5.84. The topological polar surface area (TPSA) is 64.2 Å². The van der Waals surface area contributed by atoms with Crippen LogP contribution in [0.1, 0.15) is 40.3 Å². The van der Waals surface area contributed by atoms with Crippen LogP contribution < -0.4 is 0 Å². The van der Waals surface area contributed by atoms with Gasteiger partial charge in [-0.3, -0.25) is 5.10 Å². The van der Waals surface area contributed by atoms with Gasteiger partial charge in [0.05, 0.1) is 25.0 Å². The number of halogens is 2. The third-order valence-corrected chi connectivity index (χ3v) is 3.56. The van der Waals surface area contributed by atoms with E-state index in [1.165, 1.54) is 6.07 Å². The monoisotopic (exact) mass is 308 g/mol. The van der Waals surface area contributed by atoms with Gasteiger partial charge in [0.25, 0.3) is 0 Å². The molecule has 1 atom stereocenters. The molecule has 0 aliphatic carbocycles. The van der Waals surface area contributed by atoms with E-state index in [2.05, 4.69) is 10.2 Å². The molecule has 5 nitrogen and oxygen atoms in total. The number of aromatic nitrogens is 2. The average Bonchev–Trinajstić information content (AvgIpc) is 2.93. The molecular weight excluding hydrogens is 294 g/mol. The fourth-order valence-corrected chi connectivity index (χ4v) is 2.46. The number of hydrogen-bond donors (Lipinski definition) is 1. The lowest BCUT2D eigenvalue weighted by molar-refractivity contribution is 0.0247. The van der Waals surface area contributed by atoms with E-state index in [0.29, 0.717) is 23.2 Å². The Morgan fingerprint density at radius 2 is 2.27 bits per heavy atom. The van der Waals surface area contributed by atoms with Gasteiger partial charge in [-0.05, 0) is 24.6 Å². The van der Waals surface area contributed by atoms with Crippen molar-refractivity contribution >= 4 is 5.97 Å². The van der Waals surface area contributed by atoms with E-state index in [4.69, 9.17) is 9.47 Å². The summed E-state index contributed by atoms with van der Waals surface area (Å²) in [6.07, 6.45) is -0.126. The molecule has 3 rings (SSSR count). The first-order chi connectivity index (χ1) is 10.6. The highest BCUT2D eigenvalue weighted by Crippen LogP contribution is 2.32. The Bertz CT molecular complexity index is 715. The Morgan fingerprint density at radius 3 is 3.00 bits per heavy atom. The van der Waals surface area contributed by atoms with Crippen molar-refractivity contribution in [3.05, 3.63) is 52.3 Å². The van der Waals surface area contributed by atoms with Crippen LogP contribution in [0.25, 0.3) is 0 Å². The number of ether oxygens (including phenoxy) is 2. The summed E-state index contributed by atoms with van der Waals surface area (Å²) in [7, 11) is 0. The van der Waals surface area contributed by atoms with Crippen molar-refractivity contribution in [3.63, 3.8) is 0 Å². The molecule has 0 bridgehead atoms. The van der Waals surface area contributed by atoms with E-state index < -0.39 is 23.7 Å². The molecule has 2 heterocycles. The minimum atomic E-state index is -0.926. The molecule has 1 aromatic heterocycles. The molecule has 22 heavy (non-hydrogen) atoms. The third-order valence-electron chi connectivity index (χ3n) is 3.56. The van der Waals surface area contributed by atoms with Crippen molar-refractivity contribution in [3.8, 4) is 0 Å². The summed E-state index contributed by atoms with van der Waals surface area (Å²) in [6.45, 7) is 2.18. The normalized spacial score (nSPS) is 17.1. The Hall–Kier alpha value is -2.28. The number of nitrogens with one attached hydrogen (secondary N) is 1. The number of nitrogens with zero attached hydrogens (tertiary/aromatic N) is 1. The van der Waals surface area contributed by atoms with Crippen LogP contribution in [-0.2, 0) is 22.5 Å². The van der Waals surface area contributed by atoms with Crippen molar-refractivity contribution < 1.29 is 23.0 Å². The molecule has 0 fully saturated rings. The first-order valence-electron chi connectivity index (χ1n) is 6.90. The summed E-state index contributed by atoms with van der Waals surface area (Å²) in [5, 5.41) is 6.71. The maximum Gasteiger partial charge on any atom is 0.359 e. The third kappa shape index (κ3) is 2.59. The van der Waals surface area contributed by atoms with Crippen LogP contribution in [0.15, 0.2) is 18.2 Å². The summed E-state index contributed by atoms with van der Waals surface area (Å²) in [4.78, 5) is 11.9. The van der Waals surface area contributed by atoms with Crippen LogP contribution in [0.3, 0.4) is 0 Å². The lowest BCUT2D eigenvalue weighted by atomic mass is 9.97. The van der Waals surface area contributed by atoms with E-state index in [1.807, 2.05) is 0 Å². The molecule has 0 saturated heterocycles. The van der Waals surface area contributed by atoms with Crippen molar-refractivity contribution in [2.75, 3.05) is 6.61 Å².